The van der Waals surface area contributed by atoms with E-state index in [4.69, 9.17) is 0 Å². The van der Waals surface area contributed by atoms with Gasteiger partial charge in [-0.1, -0.05) is 20.3 Å². The minimum Gasteiger partial charge on any atom is -0.317 e. The quantitative estimate of drug-likeness (QED) is 0.767. The molecule has 2 fully saturated rings. The maximum absolute atomic E-state index is 3.44. The Bertz CT molecular complexity index is 211. The van der Waals surface area contributed by atoms with Crippen LogP contribution in [0.1, 0.15) is 39.5 Å². The van der Waals surface area contributed by atoms with Crippen LogP contribution in [-0.4, -0.2) is 37.6 Å². The van der Waals surface area contributed by atoms with Crippen molar-refractivity contribution in [3.05, 3.63) is 0 Å². The van der Waals surface area contributed by atoms with E-state index >= 15 is 0 Å². The van der Waals surface area contributed by atoms with Crippen LogP contribution < -0.4 is 5.32 Å². The molecule has 2 unspecified atom stereocenters. The molecule has 1 saturated heterocycles. The molecule has 0 bridgehead atoms. The van der Waals surface area contributed by atoms with Gasteiger partial charge in [0.05, 0.1) is 0 Å². The summed E-state index contributed by atoms with van der Waals surface area (Å²) in [4.78, 5) is 2.69. The van der Waals surface area contributed by atoms with Crippen LogP contribution in [0.15, 0.2) is 0 Å². The third-order valence-electron chi connectivity index (χ3n) is 4.53. The van der Waals surface area contributed by atoms with Gasteiger partial charge in [-0.3, -0.25) is 0 Å². The Morgan fingerprint density at radius 2 is 2.13 bits per heavy atom. The van der Waals surface area contributed by atoms with Crippen LogP contribution >= 0.6 is 0 Å². The molecule has 0 aromatic heterocycles. The first-order chi connectivity index (χ1) is 7.13. The number of hydrogen-bond acceptors (Lipinski definition) is 2. The molecule has 1 heterocycles. The Morgan fingerprint density at radius 3 is 2.60 bits per heavy atom. The van der Waals surface area contributed by atoms with Gasteiger partial charge in [-0.05, 0) is 44.2 Å². The first-order valence-corrected chi connectivity index (χ1v) is 6.53. The predicted molar refractivity (Wildman–Crippen MR) is 65.0 cm³/mol. The molecule has 0 aromatic rings. The molecule has 15 heavy (non-hydrogen) atoms. The van der Waals surface area contributed by atoms with Crippen LogP contribution in [0, 0.1) is 11.3 Å². The van der Waals surface area contributed by atoms with Crippen molar-refractivity contribution in [1.82, 2.24) is 10.2 Å². The first kappa shape index (κ1) is 11.4. The van der Waals surface area contributed by atoms with Crippen molar-refractivity contribution in [2.45, 2.75) is 45.6 Å². The number of rotatable bonds is 3. The minimum absolute atomic E-state index is 0.659. The van der Waals surface area contributed by atoms with Crippen molar-refractivity contribution in [3.8, 4) is 0 Å². The molecule has 2 aliphatic rings. The number of nitrogens with zero attached hydrogens (tertiary/aromatic N) is 1. The molecule has 0 amide bonds. The minimum atomic E-state index is 0.659. The van der Waals surface area contributed by atoms with E-state index in [-0.39, 0.29) is 0 Å². The Morgan fingerprint density at radius 1 is 1.40 bits per heavy atom. The Labute approximate surface area is 94.4 Å². The van der Waals surface area contributed by atoms with Crippen molar-refractivity contribution in [1.29, 1.82) is 0 Å². The van der Waals surface area contributed by atoms with Crippen molar-refractivity contribution in [2.24, 2.45) is 11.3 Å². The number of likely N-dealkylation sites (tertiary alicyclic amines) is 1. The molecular formula is C13H26N2. The van der Waals surface area contributed by atoms with E-state index in [0.29, 0.717) is 5.41 Å². The molecule has 1 N–H and O–H groups in total. The van der Waals surface area contributed by atoms with Crippen LogP contribution in [0.2, 0.25) is 0 Å². The molecule has 2 rings (SSSR count). The van der Waals surface area contributed by atoms with Crippen LogP contribution in [0.3, 0.4) is 0 Å². The highest BCUT2D eigenvalue weighted by molar-refractivity contribution is 4.89. The highest BCUT2D eigenvalue weighted by Gasteiger charge is 2.35. The summed E-state index contributed by atoms with van der Waals surface area (Å²) in [6, 6.07) is 0.746. The van der Waals surface area contributed by atoms with Gasteiger partial charge in [-0.15, -0.1) is 0 Å². The number of piperidine rings is 1. The third kappa shape index (κ3) is 2.54. The zero-order valence-electron chi connectivity index (χ0n) is 10.6. The van der Waals surface area contributed by atoms with E-state index in [1.165, 1.54) is 45.3 Å². The second-order valence-electron chi connectivity index (χ2n) is 6.06. The molecule has 0 radical (unpaired) electrons. The van der Waals surface area contributed by atoms with Gasteiger partial charge in [0.2, 0.25) is 0 Å². The first-order valence-electron chi connectivity index (χ1n) is 6.53. The van der Waals surface area contributed by atoms with Gasteiger partial charge >= 0.3 is 0 Å². The van der Waals surface area contributed by atoms with E-state index in [1.54, 1.807) is 0 Å². The molecule has 0 spiro atoms. The number of hydrogen-bond donors (Lipinski definition) is 1. The molecule has 1 saturated carbocycles. The van der Waals surface area contributed by atoms with Crippen LogP contribution in [0.4, 0.5) is 0 Å². The van der Waals surface area contributed by atoms with Gasteiger partial charge in [0.1, 0.15) is 0 Å². The average molecular weight is 210 g/mol. The largest absolute Gasteiger partial charge is 0.317 e. The van der Waals surface area contributed by atoms with Crippen molar-refractivity contribution in [3.63, 3.8) is 0 Å². The predicted octanol–water partition coefficient (Wildman–Crippen LogP) is 2.11. The second-order valence-corrected chi connectivity index (χ2v) is 6.06. The van der Waals surface area contributed by atoms with E-state index < -0.39 is 0 Å². The smallest absolute Gasteiger partial charge is 0.0114 e. The second kappa shape index (κ2) is 4.42. The fourth-order valence-electron chi connectivity index (χ4n) is 3.28. The summed E-state index contributed by atoms with van der Waals surface area (Å²) in [5.74, 6) is 0.812. The molecule has 1 aliphatic carbocycles. The van der Waals surface area contributed by atoms with Gasteiger partial charge in [0.25, 0.3) is 0 Å². The highest BCUT2D eigenvalue weighted by atomic mass is 15.2. The topological polar surface area (TPSA) is 15.3 Å². The van der Waals surface area contributed by atoms with Gasteiger partial charge in [0.15, 0.2) is 0 Å². The standard InChI is InChI=1S/C13H26N2/c1-11-9-15(8-5-12(11)14-3)10-13(2)6-4-7-13/h11-12,14H,4-10H2,1-3H3. The monoisotopic (exact) mass is 210 g/mol. The lowest BCUT2D eigenvalue weighted by atomic mass is 9.70. The third-order valence-corrected chi connectivity index (χ3v) is 4.53. The van der Waals surface area contributed by atoms with E-state index in [0.717, 1.165) is 12.0 Å². The van der Waals surface area contributed by atoms with Crippen LogP contribution in [0.5, 0.6) is 0 Å². The summed E-state index contributed by atoms with van der Waals surface area (Å²) in [6.07, 6.45) is 5.69. The summed E-state index contributed by atoms with van der Waals surface area (Å²) >= 11 is 0. The van der Waals surface area contributed by atoms with Crippen LogP contribution in [-0.2, 0) is 0 Å². The summed E-state index contributed by atoms with van der Waals surface area (Å²) in [5, 5.41) is 3.44. The lowest BCUT2D eigenvalue weighted by Crippen LogP contribution is -2.50. The summed E-state index contributed by atoms with van der Waals surface area (Å²) < 4.78 is 0. The molecule has 2 heteroatoms. The summed E-state index contributed by atoms with van der Waals surface area (Å²) in [7, 11) is 2.10. The summed E-state index contributed by atoms with van der Waals surface area (Å²) in [5.41, 5.74) is 0.659. The molecule has 2 atom stereocenters. The van der Waals surface area contributed by atoms with Crippen molar-refractivity contribution < 1.29 is 0 Å². The van der Waals surface area contributed by atoms with E-state index in [9.17, 15) is 0 Å². The van der Waals surface area contributed by atoms with Crippen molar-refractivity contribution in [2.75, 3.05) is 26.7 Å². The lowest BCUT2D eigenvalue weighted by molar-refractivity contribution is 0.0528. The number of nitrogens with one attached hydrogen (secondary N) is 1. The maximum Gasteiger partial charge on any atom is 0.0114 e. The molecule has 2 nitrogen and oxygen atoms in total. The van der Waals surface area contributed by atoms with Gasteiger partial charge in [-0.2, -0.15) is 0 Å². The Kier molecular flexibility index (Phi) is 3.36. The Hall–Kier alpha value is -0.0800. The molecule has 1 aliphatic heterocycles. The fourth-order valence-corrected chi connectivity index (χ4v) is 3.28. The van der Waals surface area contributed by atoms with Gasteiger partial charge < -0.3 is 10.2 Å². The van der Waals surface area contributed by atoms with E-state index in [2.05, 4.69) is 31.1 Å². The average Bonchev–Trinajstić information content (AvgIpc) is 2.16. The normalized spacial score (nSPS) is 36.2. The Balaban J connectivity index is 1.80. The summed E-state index contributed by atoms with van der Waals surface area (Å²) in [6.45, 7) is 8.78. The molecule has 0 aromatic carbocycles. The van der Waals surface area contributed by atoms with Crippen molar-refractivity contribution >= 4 is 0 Å². The van der Waals surface area contributed by atoms with Gasteiger partial charge in [-0.25, -0.2) is 0 Å². The zero-order valence-corrected chi connectivity index (χ0v) is 10.6. The highest BCUT2D eigenvalue weighted by Crippen LogP contribution is 2.41. The molecular weight excluding hydrogens is 184 g/mol. The van der Waals surface area contributed by atoms with Crippen LogP contribution in [0.25, 0.3) is 0 Å². The maximum atomic E-state index is 3.44. The lowest BCUT2D eigenvalue weighted by Gasteiger charge is -2.45. The van der Waals surface area contributed by atoms with Gasteiger partial charge in [0, 0.05) is 19.1 Å². The fraction of sp³-hybridized carbons (Fsp3) is 1.00. The zero-order chi connectivity index (χ0) is 10.9. The van der Waals surface area contributed by atoms with E-state index in [1.807, 2.05) is 0 Å². The SMILES string of the molecule is CNC1CCN(CC2(C)CCC2)CC1C. The molecule has 88 valence electrons.